The largest absolute Gasteiger partial charge is 0.481 e. The third kappa shape index (κ3) is 8.02. The smallest absolute Gasteiger partial charge is 0.303 e. The minimum Gasteiger partial charge on any atom is -0.481 e. The standard InChI is InChI=1S/C29H29ClFN5O3/c1-19(37)24-15-10-20(27-18-36(35-34-27)17-21-6-2-3-7-25(21)30)16-26(24)33-28(8-4-5-9-29(38)39)32-23-13-11-22(31)12-14-23/h2-3,6-7,10-13,15-16,18,23H,4-5,8-9,14,17H2,1H3,(H,32,33)(H,38,39)/p+1. The minimum absolute atomic E-state index is 0.0604. The van der Waals surface area contributed by atoms with E-state index in [2.05, 4.69) is 15.7 Å². The highest BCUT2D eigenvalue weighted by molar-refractivity contribution is 6.31. The van der Waals surface area contributed by atoms with Gasteiger partial charge in [0.2, 0.25) is 0 Å². The van der Waals surface area contributed by atoms with Crippen LogP contribution < -0.4 is 10.3 Å². The molecule has 2 atom stereocenters. The van der Waals surface area contributed by atoms with Gasteiger partial charge in [-0.3, -0.25) is 14.6 Å². The number of aliphatic carboxylic acids is 1. The number of anilines is 1. The molecule has 0 saturated heterocycles. The number of rotatable bonds is 11. The van der Waals surface area contributed by atoms with Gasteiger partial charge < -0.3 is 10.4 Å². The summed E-state index contributed by atoms with van der Waals surface area (Å²) in [6.07, 6.45) is 8.48. The van der Waals surface area contributed by atoms with E-state index in [-0.39, 0.29) is 24.1 Å². The topological polar surface area (TPSA) is 108 Å². The molecule has 8 nitrogen and oxygen atoms in total. The number of benzene rings is 2. The van der Waals surface area contributed by atoms with Crippen LogP contribution in [-0.2, 0) is 11.3 Å². The summed E-state index contributed by atoms with van der Waals surface area (Å²) in [4.78, 5) is 28.1. The number of nitrogens with one attached hydrogen (secondary N) is 2. The van der Waals surface area contributed by atoms with Crippen molar-refractivity contribution in [2.75, 3.05) is 5.32 Å². The highest BCUT2D eigenvalue weighted by atomic mass is 35.5. The lowest BCUT2D eigenvalue weighted by atomic mass is 10.0. The molecule has 2 aromatic carbocycles. The highest BCUT2D eigenvalue weighted by Crippen LogP contribution is 2.26. The summed E-state index contributed by atoms with van der Waals surface area (Å²) in [7, 11) is 0. The lowest BCUT2D eigenvalue weighted by molar-refractivity contribution is -0.869. The van der Waals surface area contributed by atoms with E-state index in [9.17, 15) is 14.0 Å². The second-order valence-electron chi connectivity index (χ2n) is 9.36. The van der Waals surface area contributed by atoms with Crippen molar-refractivity contribution >= 4 is 40.6 Å². The van der Waals surface area contributed by atoms with Crippen LogP contribution in [0.4, 0.5) is 10.1 Å². The molecule has 0 radical (unpaired) electrons. The van der Waals surface area contributed by atoms with E-state index in [1.54, 1.807) is 12.1 Å². The Morgan fingerprint density at radius 2 is 2.00 bits per heavy atom. The number of carbonyl (C=O) groups excluding carboxylic acids is 1. The Hall–Kier alpha value is -3.95. The van der Waals surface area contributed by atoms with E-state index in [1.807, 2.05) is 42.6 Å². The van der Waals surface area contributed by atoms with Gasteiger partial charge >= 0.3 is 5.97 Å². The molecule has 2 aromatic rings. The fraction of sp³-hybridized carbons (Fsp3) is 0.276. The number of aliphatic imine (C=N–C) groups is 1. The Morgan fingerprint density at radius 1 is 1.21 bits per heavy atom. The van der Waals surface area contributed by atoms with Crippen molar-refractivity contribution in [2.45, 2.75) is 51.6 Å². The third-order valence-electron chi connectivity index (χ3n) is 6.30. The first-order valence-corrected chi connectivity index (χ1v) is 13.1. The van der Waals surface area contributed by atoms with E-state index in [4.69, 9.17) is 21.7 Å². The average molecular weight is 551 g/mol. The Balaban J connectivity index is 1.57. The van der Waals surface area contributed by atoms with E-state index >= 15 is 0 Å². The lowest BCUT2D eigenvalue weighted by Gasteiger charge is -2.17. The molecular formula is C29H30ClFN5O3+. The van der Waals surface area contributed by atoms with E-state index in [1.165, 1.54) is 19.1 Å². The number of carbonyl (C=O) groups is 2. The number of quaternary nitrogens is 1. The summed E-state index contributed by atoms with van der Waals surface area (Å²) in [5.74, 6) is -0.675. The second-order valence-corrected chi connectivity index (χ2v) is 9.77. The van der Waals surface area contributed by atoms with E-state index < -0.39 is 5.97 Å². The van der Waals surface area contributed by atoms with Gasteiger partial charge in [-0.15, -0.1) is 0 Å². The van der Waals surface area contributed by atoms with Crippen LogP contribution in [0.25, 0.3) is 5.70 Å². The summed E-state index contributed by atoms with van der Waals surface area (Å²) < 4.78 is 13.5. The van der Waals surface area contributed by atoms with Crippen molar-refractivity contribution < 1.29 is 24.1 Å². The Labute approximate surface area is 231 Å². The van der Waals surface area contributed by atoms with Crippen LogP contribution in [0.5, 0.6) is 0 Å². The number of ketones is 1. The molecule has 0 saturated carbocycles. The molecule has 1 aliphatic heterocycles. The molecule has 202 valence electrons. The maximum atomic E-state index is 13.5. The first-order chi connectivity index (χ1) is 18.8. The second kappa shape index (κ2) is 13.2. The van der Waals surface area contributed by atoms with Crippen molar-refractivity contribution in [1.29, 1.82) is 0 Å². The predicted molar refractivity (Wildman–Crippen MR) is 149 cm³/mol. The fourth-order valence-corrected chi connectivity index (χ4v) is 4.48. The number of nitrogens with zero attached hydrogens (tertiary/aromatic N) is 3. The van der Waals surface area contributed by atoms with E-state index in [0.29, 0.717) is 60.0 Å². The average Bonchev–Trinajstić information content (AvgIpc) is 3.37. The van der Waals surface area contributed by atoms with Crippen LogP contribution in [-0.4, -0.2) is 28.7 Å². The van der Waals surface area contributed by atoms with Gasteiger partial charge in [0.15, 0.2) is 17.7 Å². The number of allylic oxidation sites excluding steroid dienone is 2. The Morgan fingerprint density at radius 3 is 2.72 bits per heavy atom. The monoisotopic (exact) mass is 550 g/mol. The van der Waals surface area contributed by atoms with Crippen molar-refractivity contribution in [3.05, 3.63) is 94.4 Å². The molecule has 3 N–H and O–H groups in total. The van der Waals surface area contributed by atoms with Gasteiger partial charge in [-0.25, -0.2) is 4.39 Å². The number of hydrogen-bond donors (Lipinski definition) is 3. The molecular weight excluding hydrogens is 521 g/mol. The number of Topliss-reactive ketones (excluding diaryl/α,β-unsaturated/α-hetero) is 1. The van der Waals surface area contributed by atoms with Gasteiger partial charge in [0.05, 0.1) is 11.7 Å². The van der Waals surface area contributed by atoms with Gasteiger partial charge in [0.25, 0.3) is 0 Å². The van der Waals surface area contributed by atoms with Crippen LogP contribution in [0.15, 0.2) is 88.0 Å². The maximum absolute atomic E-state index is 13.5. The summed E-state index contributed by atoms with van der Waals surface area (Å²) in [5, 5.41) is 22.4. The SMILES string of the molecule is CC(=O)c1ccc(C2=C[NH+](Cc3ccccc3Cl)N=N2)cc1NC(CCCCC(=O)O)=NC1C=CC(F)=CC1. The summed E-state index contributed by atoms with van der Waals surface area (Å²) >= 11 is 6.30. The number of carboxylic acid groups (broad SMARTS) is 1. The Kier molecular flexibility index (Phi) is 9.51. The minimum atomic E-state index is -0.853. The predicted octanol–water partition coefficient (Wildman–Crippen LogP) is 5.94. The zero-order valence-electron chi connectivity index (χ0n) is 21.5. The third-order valence-corrected chi connectivity index (χ3v) is 6.67. The number of hydrogen-bond acceptors (Lipinski definition) is 5. The van der Waals surface area contributed by atoms with Crippen molar-refractivity contribution in [2.24, 2.45) is 15.3 Å². The number of amidine groups is 1. The number of unbranched alkanes of at least 4 members (excludes halogenated alkanes) is 1. The molecule has 39 heavy (non-hydrogen) atoms. The van der Waals surface area contributed by atoms with Crippen molar-refractivity contribution in [1.82, 2.24) is 0 Å². The molecule has 1 aliphatic carbocycles. The maximum Gasteiger partial charge on any atom is 0.303 e. The molecule has 0 fully saturated rings. The molecule has 2 aliphatic rings. The van der Waals surface area contributed by atoms with E-state index in [0.717, 1.165) is 16.1 Å². The van der Waals surface area contributed by atoms with Crippen LogP contribution >= 0.6 is 11.6 Å². The molecule has 0 spiro atoms. The van der Waals surface area contributed by atoms with Crippen molar-refractivity contribution in [3.8, 4) is 0 Å². The highest BCUT2D eigenvalue weighted by Gasteiger charge is 2.20. The lowest BCUT2D eigenvalue weighted by Crippen LogP contribution is -3.00. The number of carboxylic acids is 1. The van der Waals surface area contributed by atoms with Gasteiger partial charge in [-0.2, -0.15) is 5.01 Å². The molecule has 0 bridgehead atoms. The number of halogens is 2. The Bertz CT molecular complexity index is 1400. The summed E-state index contributed by atoms with van der Waals surface area (Å²) in [5.41, 5.74) is 3.43. The first kappa shape index (κ1) is 28.1. The van der Waals surface area contributed by atoms with Gasteiger partial charge in [-0.05, 0) is 56.5 Å². The molecule has 0 aromatic heterocycles. The van der Waals surface area contributed by atoms with Crippen LogP contribution in [0, 0.1) is 0 Å². The quantitative estimate of drug-likeness (QED) is 0.139. The molecule has 1 heterocycles. The summed E-state index contributed by atoms with van der Waals surface area (Å²) in [6.45, 7) is 2.03. The van der Waals surface area contributed by atoms with Gasteiger partial charge in [-0.1, -0.05) is 47.1 Å². The first-order valence-electron chi connectivity index (χ1n) is 12.8. The van der Waals surface area contributed by atoms with Crippen molar-refractivity contribution in [3.63, 3.8) is 0 Å². The normalized spacial score (nSPS) is 18.6. The van der Waals surface area contributed by atoms with Crippen LogP contribution in [0.1, 0.15) is 60.5 Å². The summed E-state index contributed by atoms with van der Waals surface area (Å²) in [6, 6.07) is 12.7. The molecule has 2 unspecified atom stereocenters. The molecule has 0 amide bonds. The fourth-order valence-electron chi connectivity index (χ4n) is 4.27. The molecule has 4 rings (SSSR count). The van der Waals surface area contributed by atoms with Crippen LogP contribution in [0.3, 0.4) is 0 Å². The van der Waals surface area contributed by atoms with Gasteiger partial charge in [0.1, 0.15) is 18.2 Å². The molecule has 10 heteroatoms. The van der Waals surface area contributed by atoms with Crippen LogP contribution in [0.2, 0.25) is 5.02 Å². The zero-order chi connectivity index (χ0) is 27.8. The van der Waals surface area contributed by atoms with Gasteiger partial charge in [0, 0.05) is 39.8 Å². The zero-order valence-corrected chi connectivity index (χ0v) is 22.3.